The average molecular weight is 284 g/mol. The molecular formula is C8H7F3N2O2S2. The van der Waals surface area contributed by atoms with E-state index in [9.17, 15) is 21.6 Å². The van der Waals surface area contributed by atoms with E-state index in [4.69, 9.17) is 5.73 Å². The molecule has 0 aliphatic heterocycles. The lowest BCUT2D eigenvalue weighted by Crippen LogP contribution is -2.26. The van der Waals surface area contributed by atoms with Gasteiger partial charge in [-0.1, -0.05) is 12.2 Å². The highest BCUT2D eigenvalue weighted by Crippen LogP contribution is 2.20. The topological polar surface area (TPSA) is 72.2 Å². The largest absolute Gasteiger partial charge is 0.392 e. The highest BCUT2D eigenvalue weighted by molar-refractivity contribution is 7.95. The quantitative estimate of drug-likeness (QED) is 0.642. The Hall–Kier alpha value is -1.35. The average Bonchev–Trinajstić information content (AvgIpc) is 2.10. The fourth-order valence-corrected chi connectivity index (χ4v) is 2.42. The van der Waals surface area contributed by atoms with Crippen LogP contribution >= 0.6 is 12.2 Å². The predicted octanol–water partition coefficient (Wildman–Crippen LogP) is 1.13. The van der Waals surface area contributed by atoms with Gasteiger partial charge in [0.25, 0.3) is 0 Å². The van der Waals surface area contributed by atoms with Crippen molar-refractivity contribution >= 4 is 32.9 Å². The summed E-state index contributed by atoms with van der Waals surface area (Å²) in [6.07, 6.45) is 0. The van der Waals surface area contributed by atoms with Crippen LogP contribution in [0.25, 0.3) is 0 Å². The molecule has 94 valence electrons. The Morgan fingerprint density at radius 3 is 2.47 bits per heavy atom. The zero-order valence-corrected chi connectivity index (χ0v) is 9.84. The number of anilines is 1. The van der Waals surface area contributed by atoms with Crippen molar-refractivity contribution in [3.8, 4) is 0 Å². The highest BCUT2D eigenvalue weighted by atomic mass is 32.2. The molecule has 0 radical (unpaired) electrons. The SMILES string of the molecule is NC(=S)CS(=O)(=O)Nc1cc(F)cc(F)c1F. The van der Waals surface area contributed by atoms with Gasteiger partial charge in [0.1, 0.15) is 11.6 Å². The summed E-state index contributed by atoms with van der Waals surface area (Å²) in [5.41, 5.74) is 4.17. The van der Waals surface area contributed by atoms with E-state index in [1.54, 1.807) is 4.72 Å². The molecule has 9 heteroatoms. The van der Waals surface area contributed by atoms with Crippen molar-refractivity contribution in [1.82, 2.24) is 0 Å². The summed E-state index contributed by atoms with van der Waals surface area (Å²) in [5, 5.41) is 0. The molecule has 0 aliphatic carbocycles. The summed E-state index contributed by atoms with van der Waals surface area (Å²) in [6, 6.07) is 0.802. The fourth-order valence-electron chi connectivity index (χ4n) is 1.02. The zero-order chi connectivity index (χ0) is 13.2. The summed E-state index contributed by atoms with van der Waals surface area (Å²) in [6.45, 7) is 0. The molecule has 0 amide bonds. The lowest BCUT2D eigenvalue weighted by atomic mass is 10.3. The van der Waals surface area contributed by atoms with Crippen molar-refractivity contribution in [2.45, 2.75) is 0 Å². The first-order valence-corrected chi connectivity index (χ1v) is 6.20. The first kappa shape index (κ1) is 13.7. The van der Waals surface area contributed by atoms with Crippen molar-refractivity contribution in [3.63, 3.8) is 0 Å². The van der Waals surface area contributed by atoms with Crippen LogP contribution in [0.4, 0.5) is 18.9 Å². The Balaban J connectivity index is 3.08. The molecule has 0 saturated heterocycles. The van der Waals surface area contributed by atoms with Crippen LogP contribution in [0, 0.1) is 17.5 Å². The van der Waals surface area contributed by atoms with E-state index >= 15 is 0 Å². The van der Waals surface area contributed by atoms with Gasteiger partial charge in [0.05, 0.1) is 10.7 Å². The summed E-state index contributed by atoms with van der Waals surface area (Å²) in [5.74, 6) is -4.87. The molecule has 0 saturated carbocycles. The number of rotatable bonds is 4. The van der Waals surface area contributed by atoms with E-state index in [1.807, 2.05) is 0 Å². The first-order valence-electron chi connectivity index (χ1n) is 4.14. The van der Waals surface area contributed by atoms with Gasteiger partial charge in [0, 0.05) is 12.1 Å². The molecule has 3 N–H and O–H groups in total. The molecule has 0 heterocycles. The van der Waals surface area contributed by atoms with Crippen molar-refractivity contribution in [2.75, 3.05) is 10.5 Å². The minimum Gasteiger partial charge on any atom is -0.392 e. The monoisotopic (exact) mass is 284 g/mol. The van der Waals surface area contributed by atoms with Gasteiger partial charge in [-0.05, 0) is 0 Å². The van der Waals surface area contributed by atoms with E-state index in [0.29, 0.717) is 12.1 Å². The lowest BCUT2D eigenvalue weighted by molar-refractivity contribution is 0.498. The van der Waals surface area contributed by atoms with Crippen LogP contribution in [0.1, 0.15) is 0 Å². The molecule has 0 spiro atoms. The molecule has 0 bridgehead atoms. The molecule has 17 heavy (non-hydrogen) atoms. The Morgan fingerprint density at radius 2 is 1.94 bits per heavy atom. The number of hydrogen-bond acceptors (Lipinski definition) is 3. The summed E-state index contributed by atoms with van der Waals surface area (Å²) in [7, 11) is -4.08. The Labute approximate surface area is 101 Å². The van der Waals surface area contributed by atoms with E-state index in [1.165, 1.54) is 0 Å². The van der Waals surface area contributed by atoms with E-state index in [2.05, 4.69) is 12.2 Å². The Morgan fingerprint density at radius 1 is 1.35 bits per heavy atom. The van der Waals surface area contributed by atoms with E-state index in [-0.39, 0.29) is 4.99 Å². The standard InChI is InChI=1S/C8H7F3N2O2S2/c9-4-1-5(10)8(11)6(2-4)13-17(14,15)3-7(12)16/h1-2,13H,3H2,(H2,12,16). The smallest absolute Gasteiger partial charge is 0.239 e. The van der Waals surface area contributed by atoms with Gasteiger partial charge >= 0.3 is 0 Å². The minimum absolute atomic E-state index is 0.292. The third kappa shape index (κ3) is 3.86. The summed E-state index contributed by atoms with van der Waals surface area (Å²) >= 11 is 4.36. The second-order valence-electron chi connectivity index (χ2n) is 3.08. The maximum Gasteiger partial charge on any atom is 0.239 e. The van der Waals surface area contributed by atoms with Gasteiger partial charge in [-0.25, -0.2) is 21.6 Å². The second-order valence-corrected chi connectivity index (χ2v) is 5.32. The van der Waals surface area contributed by atoms with Gasteiger partial charge in [0.15, 0.2) is 11.6 Å². The highest BCUT2D eigenvalue weighted by Gasteiger charge is 2.17. The van der Waals surface area contributed by atoms with Gasteiger partial charge in [-0.2, -0.15) is 0 Å². The third-order valence-electron chi connectivity index (χ3n) is 1.59. The van der Waals surface area contributed by atoms with Crippen LogP contribution in [0.2, 0.25) is 0 Å². The van der Waals surface area contributed by atoms with Gasteiger partial charge < -0.3 is 5.73 Å². The Bertz CT molecular complexity index is 560. The summed E-state index contributed by atoms with van der Waals surface area (Å²) in [4.78, 5) is -0.352. The van der Waals surface area contributed by atoms with Crippen LogP contribution < -0.4 is 10.5 Å². The summed E-state index contributed by atoms with van der Waals surface area (Å²) < 4.78 is 62.9. The molecule has 1 aromatic carbocycles. The number of nitrogens with one attached hydrogen (secondary N) is 1. The number of halogens is 3. The predicted molar refractivity (Wildman–Crippen MR) is 60.5 cm³/mol. The first-order chi connectivity index (χ1) is 7.71. The maximum atomic E-state index is 13.1. The van der Waals surface area contributed by atoms with Gasteiger partial charge in [0.2, 0.25) is 10.0 Å². The number of benzene rings is 1. The van der Waals surface area contributed by atoms with Crippen molar-refractivity contribution in [2.24, 2.45) is 5.73 Å². The molecule has 0 aromatic heterocycles. The molecule has 1 rings (SSSR count). The molecule has 0 unspecified atom stereocenters. The molecule has 0 atom stereocenters. The molecule has 0 fully saturated rings. The zero-order valence-electron chi connectivity index (χ0n) is 8.21. The molecule has 4 nitrogen and oxygen atoms in total. The van der Waals surface area contributed by atoms with Crippen molar-refractivity contribution < 1.29 is 21.6 Å². The van der Waals surface area contributed by atoms with Crippen LogP contribution in [0.15, 0.2) is 12.1 Å². The van der Waals surface area contributed by atoms with E-state index in [0.717, 1.165) is 0 Å². The van der Waals surface area contributed by atoms with Crippen molar-refractivity contribution in [1.29, 1.82) is 0 Å². The van der Waals surface area contributed by atoms with Crippen LogP contribution in [-0.4, -0.2) is 19.2 Å². The van der Waals surface area contributed by atoms with Crippen LogP contribution in [0.3, 0.4) is 0 Å². The van der Waals surface area contributed by atoms with Crippen LogP contribution in [0.5, 0.6) is 0 Å². The molecule has 0 aliphatic rings. The number of hydrogen-bond donors (Lipinski definition) is 2. The van der Waals surface area contributed by atoms with E-state index < -0.39 is 38.9 Å². The third-order valence-corrected chi connectivity index (χ3v) is 3.14. The maximum absolute atomic E-state index is 13.1. The lowest BCUT2D eigenvalue weighted by Gasteiger charge is -2.08. The van der Waals surface area contributed by atoms with Gasteiger partial charge in [-0.3, -0.25) is 4.72 Å². The number of nitrogens with two attached hydrogens (primary N) is 1. The normalized spacial score (nSPS) is 11.2. The van der Waals surface area contributed by atoms with Crippen LogP contribution in [-0.2, 0) is 10.0 Å². The second kappa shape index (κ2) is 4.88. The molecule has 1 aromatic rings. The molecular weight excluding hydrogens is 277 g/mol. The number of sulfonamides is 1. The number of thiocarbonyl (C=S) groups is 1. The fraction of sp³-hybridized carbons (Fsp3) is 0.125. The van der Waals surface area contributed by atoms with Crippen molar-refractivity contribution in [3.05, 3.63) is 29.6 Å². The minimum atomic E-state index is -4.08. The Kier molecular flexibility index (Phi) is 3.94. The van der Waals surface area contributed by atoms with Gasteiger partial charge in [-0.15, -0.1) is 0 Å².